The van der Waals surface area contributed by atoms with E-state index in [4.69, 9.17) is 9.15 Å². The number of oxazole rings is 1. The molecule has 1 aromatic carbocycles. The van der Waals surface area contributed by atoms with Gasteiger partial charge in [0.2, 0.25) is 0 Å². The lowest BCUT2D eigenvalue weighted by molar-refractivity contribution is 0.0295. The minimum absolute atomic E-state index is 0. The van der Waals surface area contributed by atoms with E-state index in [1.54, 1.807) is 0 Å². The molecule has 1 aromatic heterocycles. The van der Waals surface area contributed by atoms with Crippen molar-refractivity contribution >= 4 is 35.4 Å². The predicted molar refractivity (Wildman–Crippen MR) is 104 cm³/mol. The summed E-state index contributed by atoms with van der Waals surface area (Å²) in [5.74, 6) is 0.691. The van der Waals surface area contributed by atoms with Crippen LogP contribution >= 0.6 is 12.4 Å². The standard InChI is InChI=1S/C19H24N4O3.ClH/c24-18(20-16-12-13-4-6-22(16)7-5-13)14-2-1-3-15-17(14)21-19(26-15)23-8-10-25-11-9-23;/h1-3,13,16H,4-12H2,(H,20,24);1H/t16-;/m0./s1. The van der Waals surface area contributed by atoms with Crippen LogP contribution in [0.2, 0.25) is 0 Å². The molecule has 5 heterocycles. The maximum absolute atomic E-state index is 12.9. The molecule has 8 heteroatoms. The number of hydrogen-bond acceptors (Lipinski definition) is 6. The van der Waals surface area contributed by atoms with E-state index in [2.05, 4.69) is 20.1 Å². The highest BCUT2D eigenvalue weighted by atomic mass is 35.5. The molecule has 1 N–H and O–H groups in total. The Hall–Kier alpha value is -1.83. The van der Waals surface area contributed by atoms with Gasteiger partial charge in [0.05, 0.1) is 24.9 Å². The van der Waals surface area contributed by atoms with E-state index >= 15 is 0 Å². The topological polar surface area (TPSA) is 70.8 Å². The first-order chi connectivity index (χ1) is 12.8. The number of aromatic nitrogens is 1. The largest absolute Gasteiger partial charge is 0.423 e. The van der Waals surface area contributed by atoms with Crippen molar-refractivity contribution in [3.8, 4) is 0 Å². The highest BCUT2D eigenvalue weighted by Gasteiger charge is 2.34. The van der Waals surface area contributed by atoms with Crippen molar-refractivity contribution in [3.05, 3.63) is 23.8 Å². The smallest absolute Gasteiger partial charge is 0.298 e. The van der Waals surface area contributed by atoms with Crippen molar-refractivity contribution in [1.29, 1.82) is 0 Å². The van der Waals surface area contributed by atoms with Crippen LogP contribution in [0.5, 0.6) is 0 Å². The predicted octanol–water partition coefficient (Wildman–Crippen LogP) is 2.26. The molecule has 4 aliphatic rings. The second-order valence-electron chi connectivity index (χ2n) is 7.45. The van der Waals surface area contributed by atoms with Crippen molar-refractivity contribution < 1.29 is 13.9 Å². The monoisotopic (exact) mass is 392 g/mol. The number of carbonyl (C=O) groups is 1. The molecule has 0 spiro atoms. The number of carbonyl (C=O) groups excluding carboxylic acids is 1. The zero-order chi connectivity index (χ0) is 17.5. The Morgan fingerprint density at radius 2 is 1.93 bits per heavy atom. The lowest BCUT2D eigenvalue weighted by atomic mass is 9.86. The zero-order valence-corrected chi connectivity index (χ0v) is 16.0. The molecule has 2 aromatic rings. The summed E-state index contributed by atoms with van der Waals surface area (Å²) in [7, 11) is 0. The van der Waals surface area contributed by atoms with E-state index in [0.29, 0.717) is 35.9 Å². The molecule has 4 fully saturated rings. The van der Waals surface area contributed by atoms with Crippen LogP contribution in [0.15, 0.2) is 22.6 Å². The minimum Gasteiger partial charge on any atom is -0.423 e. The summed E-state index contributed by atoms with van der Waals surface area (Å²) in [4.78, 5) is 22.0. The summed E-state index contributed by atoms with van der Waals surface area (Å²) in [5.41, 5.74) is 1.89. The number of nitrogens with one attached hydrogen (secondary N) is 1. The number of amides is 1. The molecule has 0 unspecified atom stereocenters. The van der Waals surface area contributed by atoms with E-state index in [9.17, 15) is 4.79 Å². The van der Waals surface area contributed by atoms with Crippen LogP contribution in [0.4, 0.5) is 6.01 Å². The second-order valence-corrected chi connectivity index (χ2v) is 7.45. The van der Waals surface area contributed by atoms with Crippen LogP contribution in [-0.4, -0.2) is 61.3 Å². The van der Waals surface area contributed by atoms with Crippen LogP contribution in [0.25, 0.3) is 11.1 Å². The molecule has 146 valence electrons. The maximum Gasteiger partial charge on any atom is 0.298 e. The van der Waals surface area contributed by atoms with Crippen molar-refractivity contribution in [3.63, 3.8) is 0 Å². The number of rotatable bonds is 3. The molecule has 4 aliphatic heterocycles. The van der Waals surface area contributed by atoms with E-state index in [1.165, 1.54) is 12.8 Å². The number of anilines is 1. The van der Waals surface area contributed by atoms with Crippen LogP contribution in [0.3, 0.4) is 0 Å². The summed E-state index contributed by atoms with van der Waals surface area (Å²) in [5, 5.41) is 3.22. The number of halogens is 1. The molecule has 0 saturated carbocycles. The summed E-state index contributed by atoms with van der Waals surface area (Å²) < 4.78 is 11.3. The Kier molecular flexibility index (Phi) is 5.25. The first-order valence-electron chi connectivity index (χ1n) is 9.55. The fourth-order valence-electron chi connectivity index (χ4n) is 4.35. The number of para-hydroxylation sites is 1. The second kappa shape index (κ2) is 7.66. The third-order valence-electron chi connectivity index (χ3n) is 5.88. The molecule has 1 amide bonds. The van der Waals surface area contributed by atoms with E-state index in [-0.39, 0.29) is 24.5 Å². The van der Waals surface area contributed by atoms with Crippen molar-refractivity contribution in [2.75, 3.05) is 44.3 Å². The van der Waals surface area contributed by atoms with Gasteiger partial charge in [0.15, 0.2) is 5.58 Å². The quantitative estimate of drug-likeness (QED) is 0.863. The van der Waals surface area contributed by atoms with Gasteiger partial charge in [-0.15, -0.1) is 12.4 Å². The molecule has 2 bridgehead atoms. The number of piperidine rings is 3. The Labute approximate surface area is 164 Å². The van der Waals surface area contributed by atoms with Crippen molar-refractivity contribution in [2.45, 2.75) is 25.4 Å². The van der Waals surface area contributed by atoms with Crippen LogP contribution in [0.1, 0.15) is 29.6 Å². The molecule has 0 aliphatic carbocycles. The van der Waals surface area contributed by atoms with Gasteiger partial charge in [-0.1, -0.05) is 6.07 Å². The first kappa shape index (κ1) is 18.5. The van der Waals surface area contributed by atoms with E-state index in [1.807, 2.05) is 18.2 Å². The molecule has 4 saturated heterocycles. The van der Waals surface area contributed by atoms with Crippen LogP contribution in [0, 0.1) is 5.92 Å². The number of ether oxygens (including phenoxy) is 1. The molecule has 6 rings (SSSR count). The van der Waals surface area contributed by atoms with Gasteiger partial charge < -0.3 is 19.4 Å². The lowest BCUT2D eigenvalue weighted by Crippen LogP contribution is -2.56. The lowest BCUT2D eigenvalue weighted by Gasteiger charge is -2.45. The Balaban J connectivity index is 0.00000180. The summed E-state index contributed by atoms with van der Waals surface area (Å²) in [6.45, 7) is 5.03. The number of morpholine rings is 1. The number of benzene rings is 1. The average Bonchev–Trinajstić information content (AvgIpc) is 3.14. The zero-order valence-electron chi connectivity index (χ0n) is 15.2. The van der Waals surface area contributed by atoms with E-state index in [0.717, 1.165) is 38.5 Å². The van der Waals surface area contributed by atoms with Gasteiger partial charge in [-0.3, -0.25) is 9.69 Å². The van der Waals surface area contributed by atoms with Gasteiger partial charge in [0.25, 0.3) is 11.9 Å². The minimum atomic E-state index is -0.0602. The Morgan fingerprint density at radius 3 is 2.63 bits per heavy atom. The molecular weight excluding hydrogens is 368 g/mol. The highest BCUT2D eigenvalue weighted by molar-refractivity contribution is 6.04. The van der Waals surface area contributed by atoms with Gasteiger partial charge in [-0.25, -0.2) is 0 Å². The van der Waals surface area contributed by atoms with Gasteiger partial charge >= 0.3 is 0 Å². The Morgan fingerprint density at radius 1 is 1.15 bits per heavy atom. The SMILES string of the molecule is Cl.O=C(N[C@@H]1CC2CCN1CC2)c1cccc2oc(N3CCOCC3)nc12. The van der Waals surface area contributed by atoms with Gasteiger partial charge in [0.1, 0.15) is 5.52 Å². The molecule has 1 atom stereocenters. The molecular formula is C19H25ClN4O3. The van der Waals surface area contributed by atoms with Gasteiger partial charge in [0, 0.05) is 26.2 Å². The fourth-order valence-corrected chi connectivity index (χ4v) is 4.35. The van der Waals surface area contributed by atoms with Crippen LogP contribution < -0.4 is 10.2 Å². The summed E-state index contributed by atoms with van der Waals surface area (Å²) in [6.07, 6.45) is 3.72. The van der Waals surface area contributed by atoms with Crippen molar-refractivity contribution in [1.82, 2.24) is 15.2 Å². The van der Waals surface area contributed by atoms with Crippen LogP contribution in [-0.2, 0) is 4.74 Å². The summed E-state index contributed by atoms with van der Waals surface area (Å²) in [6, 6.07) is 6.14. The number of nitrogens with zero attached hydrogens (tertiary/aromatic N) is 3. The van der Waals surface area contributed by atoms with Crippen molar-refractivity contribution in [2.24, 2.45) is 5.92 Å². The van der Waals surface area contributed by atoms with Gasteiger partial charge in [-0.05, 0) is 37.3 Å². The normalized spacial score (nSPS) is 27.4. The fraction of sp³-hybridized carbons (Fsp3) is 0.579. The third-order valence-corrected chi connectivity index (χ3v) is 5.88. The third kappa shape index (κ3) is 3.51. The molecule has 7 nitrogen and oxygen atoms in total. The first-order valence-corrected chi connectivity index (χ1v) is 9.55. The number of hydrogen-bond donors (Lipinski definition) is 1. The maximum atomic E-state index is 12.9. The van der Waals surface area contributed by atoms with Gasteiger partial charge in [-0.2, -0.15) is 4.98 Å². The molecule has 0 radical (unpaired) electrons. The van der Waals surface area contributed by atoms with E-state index < -0.39 is 0 Å². The Bertz CT molecular complexity index is 812. The highest BCUT2D eigenvalue weighted by Crippen LogP contribution is 2.31. The average molecular weight is 393 g/mol. The number of fused-ring (bicyclic) bond motifs is 4. The summed E-state index contributed by atoms with van der Waals surface area (Å²) >= 11 is 0. The molecule has 27 heavy (non-hydrogen) atoms.